The van der Waals surface area contributed by atoms with Crippen LogP contribution in [0.15, 0.2) is 77.7 Å². The molecular formula is C28H34N2O6S. The van der Waals surface area contributed by atoms with Crippen molar-refractivity contribution in [2.24, 2.45) is 0 Å². The van der Waals surface area contributed by atoms with Gasteiger partial charge >= 0.3 is 0 Å². The van der Waals surface area contributed by atoms with E-state index in [2.05, 4.69) is 5.32 Å². The van der Waals surface area contributed by atoms with Gasteiger partial charge in [-0.1, -0.05) is 30.3 Å². The van der Waals surface area contributed by atoms with Gasteiger partial charge in [0.1, 0.15) is 12.3 Å². The lowest BCUT2D eigenvalue weighted by atomic mass is 10.1. The summed E-state index contributed by atoms with van der Waals surface area (Å²) in [4.78, 5) is 13.0. The summed E-state index contributed by atoms with van der Waals surface area (Å²) in [6.45, 7) is 3.87. The summed E-state index contributed by atoms with van der Waals surface area (Å²) in [7, 11) is -1.22. The lowest BCUT2D eigenvalue weighted by Gasteiger charge is -2.25. The second kappa shape index (κ2) is 13.0. The highest BCUT2D eigenvalue weighted by atomic mass is 32.2. The highest BCUT2D eigenvalue weighted by molar-refractivity contribution is 7.92. The maximum atomic E-state index is 13.8. The van der Waals surface area contributed by atoms with E-state index in [1.165, 1.54) is 38.0 Å². The summed E-state index contributed by atoms with van der Waals surface area (Å²) in [6, 6.07) is 20.8. The second-order valence-electron chi connectivity index (χ2n) is 8.45. The fourth-order valence-corrected chi connectivity index (χ4v) is 5.28. The Kier molecular flexibility index (Phi) is 9.79. The zero-order valence-electron chi connectivity index (χ0n) is 21.6. The van der Waals surface area contributed by atoms with Gasteiger partial charge in [-0.25, -0.2) is 8.42 Å². The van der Waals surface area contributed by atoms with Crippen LogP contribution in [0.4, 0.5) is 5.69 Å². The summed E-state index contributed by atoms with van der Waals surface area (Å²) in [5, 5.41) is 2.93. The van der Waals surface area contributed by atoms with Gasteiger partial charge in [0.15, 0.2) is 11.5 Å². The normalized spacial score (nSPS) is 11.9. The number of ether oxygens (including phenoxy) is 3. The van der Waals surface area contributed by atoms with Crippen molar-refractivity contribution < 1.29 is 27.4 Å². The molecule has 1 N–H and O–H groups in total. The number of nitrogens with one attached hydrogen (secondary N) is 1. The Morgan fingerprint density at radius 1 is 0.946 bits per heavy atom. The molecule has 0 unspecified atom stereocenters. The molecule has 0 aromatic heterocycles. The number of amides is 1. The molecule has 0 bridgehead atoms. The topological polar surface area (TPSA) is 94.2 Å². The third kappa shape index (κ3) is 7.39. The van der Waals surface area contributed by atoms with Crippen LogP contribution in [-0.4, -0.2) is 47.7 Å². The molecule has 0 heterocycles. The smallest absolute Gasteiger partial charge is 0.264 e. The monoisotopic (exact) mass is 526 g/mol. The number of carbonyl (C=O) groups excluding carboxylic acids is 1. The Labute approximate surface area is 219 Å². The van der Waals surface area contributed by atoms with Gasteiger partial charge in [0.05, 0.1) is 31.4 Å². The first-order valence-electron chi connectivity index (χ1n) is 12.1. The van der Waals surface area contributed by atoms with E-state index in [4.69, 9.17) is 14.2 Å². The van der Waals surface area contributed by atoms with E-state index in [-0.39, 0.29) is 23.2 Å². The number of hydrogen-bond acceptors (Lipinski definition) is 6. The molecule has 8 nitrogen and oxygen atoms in total. The number of nitrogens with zero attached hydrogens (tertiary/aromatic N) is 1. The van der Waals surface area contributed by atoms with Gasteiger partial charge < -0.3 is 19.5 Å². The largest absolute Gasteiger partial charge is 0.494 e. The van der Waals surface area contributed by atoms with Crippen LogP contribution in [0.25, 0.3) is 0 Å². The molecule has 198 valence electrons. The van der Waals surface area contributed by atoms with Crippen molar-refractivity contribution in [2.45, 2.75) is 37.6 Å². The molecule has 3 aromatic carbocycles. The zero-order chi connectivity index (χ0) is 26.8. The van der Waals surface area contributed by atoms with E-state index < -0.39 is 15.9 Å². The average Bonchev–Trinajstić information content (AvgIpc) is 2.91. The summed E-state index contributed by atoms with van der Waals surface area (Å²) < 4.78 is 44.6. The van der Waals surface area contributed by atoms with Crippen molar-refractivity contribution in [2.75, 3.05) is 31.7 Å². The summed E-state index contributed by atoms with van der Waals surface area (Å²) in [6.07, 6.45) is 1.52. The molecule has 3 rings (SSSR count). The van der Waals surface area contributed by atoms with Crippen LogP contribution in [0.3, 0.4) is 0 Å². The molecule has 37 heavy (non-hydrogen) atoms. The van der Waals surface area contributed by atoms with Crippen molar-refractivity contribution in [1.82, 2.24) is 5.32 Å². The maximum Gasteiger partial charge on any atom is 0.264 e. The molecule has 0 saturated heterocycles. The number of rotatable bonds is 13. The van der Waals surface area contributed by atoms with Crippen molar-refractivity contribution in [1.29, 1.82) is 0 Å². The Morgan fingerprint density at radius 3 is 2.24 bits per heavy atom. The van der Waals surface area contributed by atoms with Crippen LogP contribution in [0, 0.1) is 0 Å². The molecule has 0 spiro atoms. The first kappa shape index (κ1) is 27.9. The van der Waals surface area contributed by atoms with Crippen LogP contribution < -0.4 is 23.8 Å². The molecule has 9 heteroatoms. The summed E-state index contributed by atoms with van der Waals surface area (Å²) in [5.41, 5.74) is 1.51. The van der Waals surface area contributed by atoms with Crippen LogP contribution in [0.5, 0.6) is 17.2 Å². The van der Waals surface area contributed by atoms with Gasteiger partial charge in [-0.15, -0.1) is 0 Å². The summed E-state index contributed by atoms with van der Waals surface area (Å²) >= 11 is 0. The lowest BCUT2D eigenvalue weighted by molar-refractivity contribution is -0.120. The van der Waals surface area contributed by atoms with Gasteiger partial charge in [0.25, 0.3) is 10.0 Å². The van der Waals surface area contributed by atoms with Crippen molar-refractivity contribution >= 4 is 21.6 Å². The standard InChI is InChI=1S/C28H34N2O6S/c1-5-36-24-15-13-23(14-16-24)30(37(32,33)25-17-18-26(34-3)27(19-25)35-4)20-28(31)29-21(2)11-12-22-9-7-6-8-10-22/h6-10,13-19,21H,5,11-12,20H2,1-4H3,(H,29,31)/t21-/m0/s1. The predicted octanol–water partition coefficient (Wildman–Crippen LogP) is 4.44. The van der Waals surface area contributed by atoms with Crippen molar-refractivity contribution in [3.63, 3.8) is 0 Å². The average molecular weight is 527 g/mol. The highest BCUT2D eigenvalue weighted by Crippen LogP contribution is 2.32. The van der Waals surface area contributed by atoms with Crippen molar-refractivity contribution in [3.8, 4) is 17.2 Å². The fraction of sp³-hybridized carbons (Fsp3) is 0.321. The molecule has 0 aliphatic carbocycles. The fourth-order valence-electron chi connectivity index (χ4n) is 3.85. The maximum absolute atomic E-state index is 13.8. The van der Waals surface area contributed by atoms with E-state index in [1.807, 2.05) is 44.2 Å². The van der Waals surface area contributed by atoms with Crippen LogP contribution in [0.1, 0.15) is 25.8 Å². The molecule has 0 aliphatic rings. The molecule has 0 radical (unpaired) electrons. The predicted molar refractivity (Wildman–Crippen MR) is 144 cm³/mol. The van der Waals surface area contributed by atoms with Crippen molar-refractivity contribution in [3.05, 3.63) is 78.4 Å². The SMILES string of the molecule is CCOc1ccc(N(CC(=O)N[C@@H](C)CCc2ccccc2)S(=O)(=O)c2ccc(OC)c(OC)c2)cc1. The van der Waals surface area contributed by atoms with Gasteiger partial charge in [-0.3, -0.25) is 9.10 Å². The molecule has 3 aromatic rings. The van der Waals surface area contributed by atoms with Crippen LogP contribution in [-0.2, 0) is 21.2 Å². The first-order valence-corrected chi connectivity index (χ1v) is 13.5. The Morgan fingerprint density at radius 2 is 1.62 bits per heavy atom. The van der Waals surface area contributed by atoms with E-state index in [1.54, 1.807) is 24.3 Å². The Bertz CT molecular complexity index is 1260. The minimum Gasteiger partial charge on any atom is -0.494 e. The van der Waals surface area contributed by atoms with E-state index >= 15 is 0 Å². The number of carbonyl (C=O) groups is 1. The second-order valence-corrected chi connectivity index (χ2v) is 10.3. The number of hydrogen-bond donors (Lipinski definition) is 1. The number of benzene rings is 3. The van der Waals surface area contributed by atoms with Crippen LogP contribution in [0.2, 0.25) is 0 Å². The Hall–Kier alpha value is -3.72. The summed E-state index contributed by atoms with van der Waals surface area (Å²) in [5.74, 6) is 0.875. The minimum absolute atomic E-state index is 0.0241. The third-order valence-corrected chi connectivity index (χ3v) is 7.55. The number of methoxy groups -OCH3 is 2. The van der Waals surface area contributed by atoms with E-state index in [0.717, 1.165) is 17.1 Å². The van der Waals surface area contributed by atoms with Gasteiger partial charge in [0.2, 0.25) is 5.91 Å². The number of anilines is 1. The molecular weight excluding hydrogens is 492 g/mol. The van der Waals surface area contributed by atoms with E-state index in [9.17, 15) is 13.2 Å². The number of sulfonamides is 1. The molecule has 1 amide bonds. The molecule has 0 saturated carbocycles. The Balaban J connectivity index is 1.84. The minimum atomic E-state index is -4.13. The van der Waals surface area contributed by atoms with Gasteiger partial charge in [0, 0.05) is 12.1 Å². The molecule has 0 aliphatic heterocycles. The lowest BCUT2D eigenvalue weighted by Crippen LogP contribution is -2.43. The quantitative estimate of drug-likeness (QED) is 0.354. The third-order valence-electron chi connectivity index (χ3n) is 5.78. The molecule has 1 atom stereocenters. The first-order chi connectivity index (χ1) is 17.8. The number of aryl methyl sites for hydroxylation is 1. The van der Waals surface area contributed by atoms with Gasteiger partial charge in [-0.2, -0.15) is 0 Å². The van der Waals surface area contributed by atoms with E-state index in [0.29, 0.717) is 23.8 Å². The highest BCUT2D eigenvalue weighted by Gasteiger charge is 2.29. The van der Waals surface area contributed by atoms with Crippen LogP contribution >= 0.6 is 0 Å². The van der Waals surface area contributed by atoms with Gasteiger partial charge in [-0.05, 0) is 68.7 Å². The zero-order valence-corrected chi connectivity index (χ0v) is 22.5. The molecule has 0 fully saturated rings.